The van der Waals surface area contributed by atoms with Crippen molar-refractivity contribution in [1.29, 1.82) is 0 Å². The summed E-state index contributed by atoms with van der Waals surface area (Å²) in [6.07, 6.45) is 9.86. The van der Waals surface area contributed by atoms with Crippen molar-refractivity contribution in [2.45, 2.75) is 71.3 Å². The fourth-order valence-corrected chi connectivity index (χ4v) is 5.21. The summed E-state index contributed by atoms with van der Waals surface area (Å²) in [4.78, 5) is 0. The molecule has 3 aliphatic carbocycles. The molecule has 5 atom stereocenters. The van der Waals surface area contributed by atoms with Crippen LogP contribution in [-0.2, 0) is 0 Å². The Bertz CT molecular complexity index is 303. The monoisotopic (exact) mass is 235 g/mol. The number of fused-ring (bicyclic) bond motifs is 5. The van der Waals surface area contributed by atoms with Crippen molar-refractivity contribution < 1.29 is 0 Å². The minimum atomic E-state index is 0.212. The van der Waals surface area contributed by atoms with Gasteiger partial charge >= 0.3 is 0 Å². The third kappa shape index (κ3) is 1.95. The standard InChI is InChI=1S/C16H29N/c1-15(2,3)7-8-16(17)10-11-9-14(16)13-6-4-5-12(11)13/h11-14H,4-10,17H2,1-3H3. The summed E-state index contributed by atoms with van der Waals surface area (Å²) in [6, 6.07) is 0. The van der Waals surface area contributed by atoms with Gasteiger partial charge < -0.3 is 5.73 Å². The first-order valence-electron chi connectivity index (χ1n) is 7.68. The SMILES string of the molecule is CC(C)(C)CCC1(N)CC2CC1C1CCCC21. The normalized spacial score (nSPS) is 48.7. The lowest BCUT2D eigenvalue weighted by Crippen LogP contribution is -2.49. The molecule has 98 valence electrons. The highest BCUT2D eigenvalue weighted by Gasteiger charge is 2.58. The first-order valence-corrected chi connectivity index (χ1v) is 7.68. The molecule has 1 heteroatoms. The van der Waals surface area contributed by atoms with Crippen molar-refractivity contribution in [3.05, 3.63) is 0 Å². The van der Waals surface area contributed by atoms with Gasteiger partial charge in [-0.3, -0.25) is 0 Å². The largest absolute Gasteiger partial charge is 0.325 e. The average molecular weight is 235 g/mol. The van der Waals surface area contributed by atoms with E-state index < -0.39 is 0 Å². The first kappa shape index (κ1) is 12.0. The quantitative estimate of drug-likeness (QED) is 0.770. The van der Waals surface area contributed by atoms with Crippen molar-refractivity contribution in [3.63, 3.8) is 0 Å². The van der Waals surface area contributed by atoms with Gasteiger partial charge in [-0.25, -0.2) is 0 Å². The van der Waals surface area contributed by atoms with Gasteiger partial charge in [0, 0.05) is 5.54 Å². The summed E-state index contributed by atoms with van der Waals surface area (Å²) in [5, 5.41) is 0. The summed E-state index contributed by atoms with van der Waals surface area (Å²) < 4.78 is 0. The molecule has 2 N–H and O–H groups in total. The highest BCUT2D eigenvalue weighted by Crippen LogP contribution is 2.62. The third-order valence-corrected chi connectivity index (χ3v) is 6.02. The molecule has 0 heterocycles. The predicted molar refractivity (Wildman–Crippen MR) is 72.7 cm³/mol. The first-order chi connectivity index (χ1) is 7.89. The Kier molecular flexibility index (Phi) is 2.63. The maximum absolute atomic E-state index is 6.81. The van der Waals surface area contributed by atoms with Gasteiger partial charge in [0.05, 0.1) is 0 Å². The molecule has 0 aromatic heterocycles. The Morgan fingerprint density at radius 2 is 1.88 bits per heavy atom. The van der Waals surface area contributed by atoms with Crippen LogP contribution in [0.4, 0.5) is 0 Å². The molecule has 2 bridgehead atoms. The van der Waals surface area contributed by atoms with Crippen LogP contribution in [-0.4, -0.2) is 5.54 Å². The van der Waals surface area contributed by atoms with Crippen LogP contribution in [0.25, 0.3) is 0 Å². The number of rotatable bonds is 2. The maximum Gasteiger partial charge on any atom is 0.0188 e. The van der Waals surface area contributed by atoms with Crippen LogP contribution in [0.5, 0.6) is 0 Å². The molecule has 0 amide bonds. The van der Waals surface area contributed by atoms with E-state index in [9.17, 15) is 0 Å². The highest BCUT2D eigenvalue weighted by atomic mass is 14.8. The summed E-state index contributed by atoms with van der Waals surface area (Å²) in [7, 11) is 0. The third-order valence-electron chi connectivity index (χ3n) is 6.02. The molecule has 0 radical (unpaired) electrons. The second-order valence-electron chi connectivity index (χ2n) is 8.36. The lowest BCUT2D eigenvalue weighted by Gasteiger charge is -2.41. The fourth-order valence-electron chi connectivity index (χ4n) is 5.21. The van der Waals surface area contributed by atoms with E-state index in [0.29, 0.717) is 5.41 Å². The fraction of sp³-hybridized carbons (Fsp3) is 1.00. The van der Waals surface area contributed by atoms with Gasteiger partial charge in [-0.2, -0.15) is 0 Å². The molecule has 0 saturated heterocycles. The zero-order chi connectivity index (χ0) is 12.3. The van der Waals surface area contributed by atoms with Gasteiger partial charge in [0.25, 0.3) is 0 Å². The van der Waals surface area contributed by atoms with Crippen LogP contribution in [0.3, 0.4) is 0 Å². The summed E-state index contributed by atoms with van der Waals surface area (Å²) >= 11 is 0. The van der Waals surface area contributed by atoms with Gasteiger partial charge in [0.1, 0.15) is 0 Å². The smallest absolute Gasteiger partial charge is 0.0188 e. The Morgan fingerprint density at radius 1 is 1.18 bits per heavy atom. The zero-order valence-corrected chi connectivity index (χ0v) is 11.8. The van der Waals surface area contributed by atoms with Crippen molar-refractivity contribution >= 4 is 0 Å². The minimum absolute atomic E-state index is 0.212. The lowest BCUT2D eigenvalue weighted by molar-refractivity contribution is 0.134. The van der Waals surface area contributed by atoms with E-state index in [2.05, 4.69) is 20.8 Å². The molecule has 3 aliphatic rings. The average Bonchev–Trinajstić information content (AvgIpc) is 2.83. The predicted octanol–water partition coefficient (Wildman–Crippen LogP) is 3.97. The Morgan fingerprint density at radius 3 is 2.59 bits per heavy atom. The Hall–Kier alpha value is -0.0400. The zero-order valence-electron chi connectivity index (χ0n) is 11.8. The van der Waals surface area contributed by atoms with E-state index in [4.69, 9.17) is 5.73 Å². The van der Waals surface area contributed by atoms with E-state index in [1.807, 2.05) is 0 Å². The van der Waals surface area contributed by atoms with E-state index in [-0.39, 0.29) is 5.54 Å². The van der Waals surface area contributed by atoms with Gasteiger partial charge in [-0.05, 0) is 67.6 Å². The minimum Gasteiger partial charge on any atom is -0.325 e. The summed E-state index contributed by atoms with van der Waals surface area (Å²) in [5.41, 5.74) is 7.47. The van der Waals surface area contributed by atoms with Crippen LogP contribution in [0.2, 0.25) is 0 Å². The highest BCUT2D eigenvalue weighted by molar-refractivity contribution is 5.12. The molecule has 3 saturated carbocycles. The van der Waals surface area contributed by atoms with Crippen molar-refractivity contribution in [3.8, 4) is 0 Å². The van der Waals surface area contributed by atoms with Crippen LogP contribution < -0.4 is 5.73 Å². The molecule has 3 fully saturated rings. The molecule has 17 heavy (non-hydrogen) atoms. The molecule has 5 unspecified atom stereocenters. The summed E-state index contributed by atoms with van der Waals surface area (Å²) in [6.45, 7) is 7.05. The maximum atomic E-state index is 6.81. The van der Waals surface area contributed by atoms with Gasteiger partial charge in [-0.15, -0.1) is 0 Å². The Balaban J connectivity index is 1.69. The van der Waals surface area contributed by atoms with Gasteiger partial charge in [-0.1, -0.05) is 27.2 Å². The van der Waals surface area contributed by atoms with Crippen molar-refractivity contribution in [2.75, 3.05) is 0 Å². The molecule has 0 aromatic carbocycles. The molecular formula is C16H29N. The van der Waals surface area contributed by atoms with Gasteiger partial charge in [0.2, 0.25) is 0 Å². The lowest BCUT2D eigenvalue weighted by atomic mass is 9.68. The topological polar surface area (TPSA) is 26.0 Å². The van der Waals surface area contributed by atoms with Crippen molar-refractivity contribution in [2.24, 2.45) is 34.8 Å². The molecule has 0 spiro atoms. The molecule has 3 rings (SSSR count). The van der Waals surface area contributed by atoms with Crippen LogP contribution in [0.15, 0.2) is 0 Å². The van der Waals surface area contributed by atoms with Gasteiger partial charge in [0.15, 0.2) is 0 Å². The Labute approximate surface area is 107 Å². The number of hydrogen-bond donors (Lipinski definition) is 1. The van der Waals surface area contributed by atoms with E-state index >= 15 is 0 Å². The number of nitrogens with two attached hydrogens (primary N) is 1. The van der Waals surface area contributed by atoms with E-state index in [1.54, 1.807) is 0 Å². The molecular weight excluding hydrogens is 206 g/mol. The second kappa shape index (κ2) is 3.73. The van der Waals surface area contributed by atoms with Crippen LogP contribution >= 0.6 is 0 Å². The van der Waals surface area contributed by atoms with E-state index in [1.165, 1.54) is 44.9 Å². The summed E-state index contributed by atoms with van der Waals surface area (Å²) in [5.74, 6) is 3.96. The molecule has 0 aliphatic heterocycles. The van der Waals surface area contributed by atoms with Crippen LogP contribution in [0.1, 0.15) is 65.7 Å². The van der Waals surface area contributed by atoms with E-state index in [0.717, 1.165) is 23.7 Å². The van der Waals surface area contributed by atoms with Crippen molar-refractivity contribution in [1.82, 2.24) is 0 Å². The van der Waals surface area contributed by atoms with Crippen LogP contribution in [0, 0.1) is 29.1 Å². The molecule has 0 aromatic rings. The second-order valence-corrected chi connectivity index (χ2v) is 8.36. The number of hydrogen-bond acceptors (Lipinski definition) is 1. The molecule has 1 nitrogen and oxygen atoms in total.